The minimum absolute atomic E-state index is 0.719. The van der Waals surface area contributed by atoms with Crippen LogP contribution in [0.1, 0.15) is 0 Å². The number of hydrogen-bond donors (Lipinski definition) is 0. The summed E-state index contributed by atoms with van der Waals surface area (Å²) in [4.78, 5) is 0. The molecule has 1 nitrogen and oxygen atoms in total. The quantitative estimate of drug-likeness (QED) is 0.671. The maximum absolute atomic E-state index is 5.89. The molecule has 0 unspecified atom stereocenters. The van der Waals surface area contributed by atoms with Gasteiger partial charge in [0.15, 0.2) is 0 Å². The molecule has 0 atom stereocenters. The van der Waals surface area contributed by atoms with Gasteiger partial charge in [-0.05, 0) is 34.1 Å². The van der Waals surface area contributed by atoms with Crippen molar-refractivity contribution in [1.29, 1.82) is 0 Å². The number of fused-ring (bicyclic) bond motifs is 1. The van der Waals surface area contributed by atoms with Gasteiger partial charge in [0.2, 0.25) is 0 Å². The van der Waals surface area contributed by atoms with Crippen molar-refractivity contribution in [3.63, 3.8) is 0 Å². The third-order valence-corrected chi connectivity index (χ3v) is 2.47. The molecule has 0 radical (unpaired) electrons. The zero-order chi connectivity index (χ0) is 7.84. The number of furan rings is 1. The maximum atomic E-state index is 5.89. The molecule has 0 bridgehead atoms. The Balaban J connectivity index is 2.96. The molecular weight excluding hydrogens is 227 g/mol. The van der Waals surface area contributed by atoms with E-state index in [0.29, 0.717) is 0 Å². The molecule has 0 spiro atoms. The van der Waals surface area contributed by atoms with E-state index in [0.717, 1.165) is 20.5 Å². The van der Waals surface area contributed by atoms with Crippen molar-refractivity contribution in [3.05, 3.63) is 34.0 Å². The summed E-state index contributed by atoms with van der Waals surface area (Å²) in [7, 11) is 0. The van der Waals surface area contributed by atoms with Crippen molar-refractivity contribution in [2.75, 3.05) is 0 Å². The Labute approximate surface area is 77.1 Å². The van der Waals surface area contributed by atoms with Crippen LogP contribution in [0, 0.1) is 0 Å². The van der Waals surface area contributed by atoms with Gasteiger partial charge in [-0.25, -0.2) is 0 Å². The van der Waals surface area contributed by atoms with Crippen LogP contribution in [0.25, 0.3) is 11.0 Å². The molecule has 0 aliphatic heterocycles. The highest BCUT2D eigenvalue weighted by atomic mass is 79.9. The Bertz CT molecular complexity index is 358. The summed E-state index contributed by atoms with van der Waals surface area (Å²) >= 11 is 9.25. The van der Waals surface area contributed by atoms with Gasteiger partial charge in [0.25, 0.3) is 0 Å². The van der Waals surface area contributed by atoms with Gasteiger partial charge in [-0.2, -0.15) is 0 Å². The van der Waals surface area contributed by atoms with Gasteiger partial charge < -0.3 is 4.42 Å². The standard InChI is InChI=1S/C8H4BrClO/c9-6-1-2-7(10)5-3-4-11-8(5)6/h1-4H. The first-order chi connectivity index (χ1) is 5.29. The highest BCUT2D eigenvalue weighted by Crippen LogP contribution is 2.30. The predicted molar refractivity (Wildman–Crippen MR) is 48.9 cm³/mol. The lowest BCUT2D eigenvalue weighted by Gasteiger charge is -1.93. The van der Waals surface area contributed by atoms with E-state index in [1.165, 1.54) is 0 Å². The van der Waals surface area contributed by atoms with E-state index in [1.54, 1.807) is 6.26 Å². The van der Waals surface area contributed by atoms with E-state index in [1.807, 2.05) is 18.2 Å². The van der Waals surface area contributed by atoms with E-state index in [2.05, 4.69) is 15.9 Å². The largest absolute Gasteiger partial charge is 0.463 e. The van der Waals surface area contributed by atoms with Crippen molar-refractivity contribution in [3.8, 4) is 0 Å². The lowest BCUT2D eigenvalue weighted by molar-refractivity contribution is 0.614. The first-order valence-corrected chi connectivity index (χ1v) is 4.27. The van der Waals surface area contributed by atoms with Crippen molar-refractivity contribution in [2.24, 2.45) is 0 Å². The maximum Gasteiger partial charge on any atom is 0.149 e. The molecule has 2 rings (SSSR count). The molecule has 3 heteroatoms. The van der Waals surface area contributed by atoms with Crippen LogP contribution < -0.4 is 0 Å². The summed E-state index contributed by atoms with van der Waals surface area (Å²) in [5, 5.41) is 1.66. The van der Waals surface area contributed by atoms with Crippen LogP contribution in [0.3, 0.4) is 0 Å². The van der Waals surface area contributed by atoms with Gasteiger partial charge in [-0.1, -0.05) is 11.6 Å². The van der Waals surface area contributed by atoms with Gasteiger partial charge in [-0.3, -0.25) is 0 Å². The Morgan fingerprint density at radius 2 is 2.09 bits per heavy atom. The molecule has 0 aliphatic rings. The Morgan fingerprint density at radius 3 is 2.82 bits per heavy atom. The summed E-state index contributed by atoms with van der Waals surface area (Å²) in [6.45, 7) is 0. The van der Waals surface area contributed by atoms with Crippen molar-refractivity contribution in [1.82, 2.24) is 0 Å². The van der Waals surface area contributed by atoms with E-state index in [4.69, 9.17) is 16.0 Å². The van der Waals surface area contributed by atoms with Crippen LogP contribution in [0.5, 0.6) is 0 Å². The summed E-state index contributed by atoms with van der Waals surface area (Å²) < 4.78 is 6.13. The molecule has 1 aromatic heterocycles. The smallest absolute Gasteiger partial charge is 0.149 e. The first kappa shape index (κ1) is 7.19. The summed E-state index contributed by atoms with van der Waals surface area (Å²) in [6, 6.07) is 5.56. The Hall–Kier alpha value is -0.470. The second-order valence-corrected chi connectivity index (χ2v) is 3.45. The molecule has 1 heterocycles. The van der Waals surface area contributed by atoms with E-state index >= 15 is 0 Å². The zero-order valence-electron chi connectivity index (χ0n) is 5.47. The van der Waals surface area contributed by atoms with Crippen molar-refractivity contribution < 1.29 is 4.42 Å². The molecule has 56 valence electrons. The lowest BCUT2D eigenvalue weighted by Crippen LogP contribution is -1.68. The zero-order valence-corrected chi connectivity index (χ0v) is 7.82. The van der Waals surface area contributed by atoms with Crippen LogP contribution in [0.2, 0.25) is 5.02 Å². The number of hydrogen-bond acceptors (Lipinski definition) is 1. The molecule has 0 saturated carbocycles. The van der Waals surface area contributed by atoms with Crippen LogP contribution >= 0.6 is 27.5 Å². The van der Waals surface area contributed by atoms with Gasteiger partial charge in [0, 0.05) is 5.39 Å². The molecule has 0 fully saturated rings. The molecule has 11 heavy (non-hydrogen) atoms. The molecule has 2 aromatic rings. The lowest BCUT2D eigenvalue weighted by atomic mass is 10.3. The third-order valence-electron chi connectivity index (χ3n) is 1.52. The number of halogens is 2. The Morgan fingerprint density at radius 1 is 1.27 bits per heavy atom. The molecular formula is C8H4BrClO. The highest BCUT2D eigenvalue weighted by molar-refractivity contribution is 9.10. The molecule has 0 N–H and O–H groups in total. The molecule has 1 aromatic carbocycles. The van der Waals surface area contributed by atoms with Crippen LogP contribution in [-0.4, -0.2) is 0 Å². The van der Waals surface area contributed by atoms with Gasteiger partial charge in [0.05, 0.1) is 15.8 Å². The second-order valence-electron chi connectivity index (χ2n) is 2.19. The Kier molecular flexibility index (Phi) is 1.66. The number of rotatable bonds is 0. The normalized spacial score (nSPS) is 10.7. The summed E-state index contributed by atoms with van der Waals surface area (Å²) in [6.07, 6.45) is 1.63. The minimum Gasteiger partial charge on any atom is -0.463 e. The molecule has 0 amide bonds. The summed E-state index contributed by atoms with van der Waals surface area (Å²) in [5.74, 6) is 0. The van der Waals surface area contributed by atoms with Crippen molar-refractivity contribution >= 4 is 38.5 Å². The topological polar surface area (TPSA) is 13.1 Å². The van der Waals surface area contributed by atoms with Crippen LogP contribution in [0.15, 0.2) is 33.4 Å². The van der Waals surface area contributed by atoms with Crippen LogP contribution in [0.4, 0.5) is 0 Å². The van der Waals surface area contributed by atoms with E-state index < -0.39 is 0 Å². The fourth-order valence-electron chi connectivity index (χ4n) is 0.994. The van der Waals surface area contributed by atoms with Crippen molar-refractivity contribution in [2.45, 2.75) is 0 Å². The van der Waals surface area contributed by atoms with E-state index in [-0.39, 0.29) is 0 Å². The van der Waals surface area contributed by atoms with Gasteiger partial charge in [-0.15, -0.1) is 0 Å². The molecule has 0 saturated heterocycles. The number of benzene rings is 1. The third kappa shape index (κ3) is 1.06. The van der Waals surface area contributed by atoms with E-state index in [9.17, 15) is 0 Å². The predicted octanol–water partition coefficient (Wildman–Crippen LogP) is 3.85. The van der Waals surface area contributed by atoms with Gasteiger partial charge in [0.1, 0.15) is 5.58 Å². The average Bonchev–Trinajstić information content (AvgIpc) is 2.45. The SMILES string of the molecule is Clc1ccc(Br)c2occc12. The average molecular weight is 231 g/mol. The fraction of sp³-hybridized carbons (Fsp3) is 0. The fourth-order valence-corrected chi connectivity index (χ4v) is 1.65. The minimum atomic E-state index is 0.719. The monoisotopic (exact) mass is 230 g/mol. The molecule has 0 aliphatic carbocycles. The summed E-state index contributed by atoms with van der Waals surface area (Å²) in [5.41, 5.74) is 0.803. The second kappa shape index (κ2) is 2.54. The van der Waals surface area contributed by atoms with Crippen LogP contribution in [-0.2, 0) is 0 Å². The first-order valence-electron chi connectivity index (χ1n) is 3.10. The van der Waals surface area contributed by atoms with Gasteiger partial charge >= 0.3 is 0 Å². The highest BCUT2D eigenvalue weighted by Gasteiger charge is 2.04.